The molecular formula is C19H15Cl2NO2. The number of aliphatic carboxylic acids is 1. The van der Waals surface area contributed by atoms with Gasteiger partial charge in [-0.1, -0.05) is 47.2 Å². The van der Waals surface area contributed by atoms with Gasteiger partial charge in [0.25, 0.3) is 0 Å². The Kier molecular flexibility index (Phi) is 5.11. The summed E-state index contributed by atoms with van der Waals surface area (Å²) in [5.41, 5.74) is 2.88. The molecule has 0 atom stereocenters. The van der Waals surface area contributed by atoms with Gasteiger partial charge in [-0.05, 0) is 35.9 Å². The third-order valence-corrected chi connectivity index (χ3v) is 4.68. The maximum atomic E-state index is 10.8. The molecule has 1 aliphatic rings. The highest BCUT2D eigenvalue weighted by Crippen LogP contribution is 2.22. The van der Waals surface area contributed by atoms with Crippen molar-refractivity contribution >= 4 is 29.2 Å². The minimum atomic E-state index is -0.709. The number of halogens is 2. The number of carboxylic acid groups (broad SMARTS) is 1. The summed E-state index contributed by atoms with van der Waals surface area (Å²) >= 11 is 11.9. The molecule has 24 heavy (non-hydrogen) atoms. The van der Waals surface area contributed by atoms with E-state index in [1.54, 1.807) is 12.1 Å². The Labute approximate surface area is 150 Å². The molecule has 0 saturated carbocycles. The molecule has 3 rings (SSSR count). The van der Waals surface area contributed by atoms with E-state index in [4.69, 9.17) is 28.3 Å². The highest BCUT2D eigenvalue weighted by molar-refractivity contribution is 6.42. The first-order chi connectivity index (χ1) is 11.5. The third-order valence-electron chi connectivity index (χ3n) is 3.94. The van der Waals surface area contributed by atoms with Crippen LogP contribution in [0.1, 0.15) is 16.7 Å². The van der Waals surface area contributed by atoms with Gasteiger partial charge in [0, 0.05) is 30.8 Å². The van der Waals surface area contributed by atoms with E-state index in [9.17, 15) is 4.79 Å². The first kappa shape index (κ1) is 16.9. The smallest absolute Gasteiger partial charge is 0.309 e. The van der Waals surface area contributed by atoms with Crippen LogP contribution < -0.4 is 0 Å². The maximum Gasteiger partial charge on any atom is 0.309 e. The van der Waals surface area contributed by atoms with Gasteiger partial charge in [-0.25, -0.2) is 0 Å². The van der Waals surface area contributed by atoms with Gasteiger partial charge in [-0.3, -0.25) is 9.69 Å². The summed E-state index contributed by atoms with van der Waals surface area (Å²) in [5.74, 6) is 5.23. The number of carboxylic acids is 1. The molecular weight excluding hydrogens is 345 g/mol. The molecule has 1 saturated heterocycles. The Morgan fingerprint density at radius 2 is 1.67 bits per heavy atom. The summed E-state index contributed by atoms with van der Waals surface area (Å²) in [4.78, 5) is 12.9. The van der Waals surface area contributed by atoms with Crippen molar-refractivity contribution in [2.75, 3.05) is 13.1 Å². The van der Waals surface area contributed by atoms with Crippen molar-refractivity contribution in [1.82, 2.24) is 4.90 Å². The lowest BCUT2D eigenvalue weighted by Gasteiger charge is -2.36. The number of hydrogen-bond donors (Lipinski definition) is 1. The van der Waals surface area contributed by atoms with E-state index in [1.165, 1.54) is 0 Å². The largest absolute Gasteiger partial charge is 0.481 e. The van der Waals surface area contributed by atoms with E-state index < -0.39 is 5.97 Å². The first-order valence-corrected chi connectivity index (χ1v) is 8.28. The van der Waals surface area contributed by atoms with Crippen molar-refractivity contribution in [3.63, 3.8) is 0 Å². The number of rotatable bonds is 3. The van der Waals surface area contributed by atoms with E-state index in [1.807, 2.05) is 30.3 Å². The standard InChI is InChI=1S/C19H15Cl2NO2/c20-17-8-7-14(9-18(17)21)4-1-13-2-5-15(6-3-13)10-22-11-16(12-22)19(23)24/h2-3,5-9,16H,10-12H2,(H,23,24). The fourth-order valence-electron chi connectivity index (χ4n) is 2.53. The van der Waals surface area contributed by atoms with Crippen LogP contribution in [0.4, 0.5) is 0 Å². The minimum absolute atomic E-state index is 0.221. The average molecular weight is 360 g/mol. The van der Waals surface area contributed by atoms with Gasteiger partial charge in [-0.2, -0.15) is 0 Å². The van der Waals surface area contributed by atoms with Crippen LogP contribution in [0.15, 0.2) is 42.5 Å². The first-order valence-electron chi connectivity index (χ1n) is 7.52. The van der Waals surface area contributed by atoms with E-state index in [0.717, 1.165) is 23.2 Å². The quantitative estimate of drug-likeness (QED) is 0.844. The second-order valence-corrected chi connectivity index (χ2v) is 6.62. The lowest BCUT2D eigenvalue weighted by molar-refractivity contribution is -0.147. The van der Waals surface area contributed by atoms with Crippen LogP contribution >= 0.6 is 23.2 Å². The SMILES string of the molecule is O=C(O)C1CN(Cc2ccc(C#Cc3ccc(Cl)c(Cl)c3)cc2)C1. The molecule has 2 aromatic carbocycles. The summed E-state index contributed by atoms with van der Waals surface area (Å²) in [5, 5.41) is 9.89. The van der Waals surface area contributed by atoms with Gasteiger partial charge in [0.05, 0.1) is 16.0 Å². The molecule has 3 nitrogen and oxygen atoms in total. The van der Waals surface area contributed by atoms with Crippen LogP contribution in [-0.4, -0.2) is 29.1 Å². The molecule has 1 aliphatic heterocycles. The van der Waals surface area contributed by atoms with Gasteiger partial charge in [-0.15, -0.1) is 0 Å². The molecule has 1 N–H and O–H groups in total. The number of carbonyl (C=O) groups is 1. The summed E-state index contributed by atoms with van der Waals surface area (Å²) in [6.45, 7) is 2.01. The van der Waals surface area contributed by atoms with Crippen molar-refractivity contribution in [3.05, 3.63) is 69.2 Å². The number of benzene rings is 2. The summed E-state index contributed by atoms with van der Waals surface area (Å²) < 4.78 is 0. The highest BCUT2D eigenvalue weighted by atomic mass is 35.5. The van der Waals surface area contributed by atoms with Gasteiger partial charge in [0.15, 0.2) is 0 Å². The van der Waals surface area contributed by atoms with Crippen LogP contribution in [0.3, 0.4) is 0 Å². The zero-order chi connectivity index (χ0) is 17.1. The topological polar surface area (TPSA) is 40.5 Å². The second kappa shape index (κ2) is 7.27. The van der Waals surface area contributed by atoms with Crippen LogP contribution in [-0.2, 0) is 11.3 Å². The minimum Gasteiger partial charge on any atom is -0.481 e. The Balaban J connectivity index is 1.60. The van der Waals surface area contributed by atoms with E-state index in [2.05, 4.69) is 16.7 Å². The molecule has 122 valence electrons. The number of hydrogen-bond acceptors (Lipinski definition) is 2. The molecule has 2 aromatic rings. The second-order valence-electron chi connectivity index (χ2n) is 5.81. The molecule has 0 bridgehead atoms. The Morgan fingerprint density at radius 1 is 1.04 bits per heavy atom. The maximum absolute atomic E-state index is 10.8. The van der Waals surface area contributed by atoms with Crippen molar-refractivity contribution < 1.29 is 9.90 Å². The van der Waals surface area contributed by atoms with Crippen LogP contribution in [0.25, 0.3) is 0 Å². The Hall–Kier alpha value is -1.99. The van der Waals surface area contributed by atoms with E-state index >= 15 is 0 Å². The van der Waals surface area contributed by atoms with Crippen LogP contribution in [0.2, 0.25) is 10.0 Å². The number of likely N-dealkylation sites (tertiary alicyclic amines) is 1. The van der Waals surface area contributed by atoms with E-state index in [0.29, 0.717) is 23.1 Å². The summed E-state index contributed by atoms with van der Waals surface area (Å²) in [6, 6.07) is 13.3. The van der Waals surface area contributed by atoms with Crippen LogP contribution in [0, 0.1) is 17.8 Å². The van der Waals surface area contributed by atoms with Gasteiger partial charge < -0.3 is 5.11 Å². The average Bonchev–Trinajstić information content (AvgIpc) is 2.52. The Morgan fingerprint density at radius 3 is 2.29 bits per heavy atom. The predicted molar refractivity (Wildman–Crippen MR) is 95.3 cm³/mol. The molecule has 0 aromatic heterocycles. The molecule has 0 radical (unpaired) electrons. The van der Waals surface area contributed by atoms with Crippen LogP contribution in [0.5, 0.6) is 0 Å². The van der Waals surface area contributed by atoms with Crippen molar-refractivity contribution in [3.8, 4) is 11.8 Å². The van der Waals surface area contributed by atoms with Crippen molar-refractivity contribution in [2.24, 2.45) is 5.92 Å². The molecule has 0 aliphatic carbocycles. The molecule has 0 spiro atoms. The van der Waals surface area contributed by atoms with Crippen molar-refractivity contribution in [1.29, 1.82) is 0 Å². The molecule has 0 unspecified atom stereocenters. The van der Waals surface area contributed by atoms with Gasteiger partial charge >= 0.3 is 5.97 Å². The summed E-state index contributed by atoms with van der Waals surface area (Å²) in [6.07, 6.45) is 0. The fraction of sp³-hybridized carbons (Fsp3) is 0.211. The zero-order valence-electron chi connectivity index (χ0n) is 12.8. The molecule has 5 heteroatoms. The lowest BCUT2D eigenvalue weighted by atomic mass is 9.99. The van der Waals surface area contributed by atoms with Gasteiger partial charge in [0.1, 0.15) is 0 Å². The van der Waals surface area contributed by atoms with Crippen molar-refractivity contribution in [2.45, 2.75) is 6.54 Å². The third kappa shape index (κ3) is 4.10. The normalized spacial score (nSPS) is 14.6. The molecule has 0 amide bonds. The molecule has 1 heterocycles. The predicted octanol–water partition coefficient (Wildman–Crippen LogP) is 3.91. The zero-order valence-corrected chi connectivity index (χ0v) is 14.3. The lowest BCUT2D eigenvalue weighted by Crippen LogP contribution is -2.49. The van der Waals surface area contributed by atoms with E-state index in [-0.39, 0.29) is 5.92 Å². The number of nitrogens with zero attached hydrogens (tertiary/aromatic N) is 1. The Bertz CT molecular complexity index is 815. The van der Waals surface area contributed by atoms with Gasteiger partial charge in [0.2, 0.25) is 0 Å². The monoisotopic (exact) mass is 359 g/mol. The fourth-order valence-corrected chi connectivity index (χ4v) is 2.82. The highest BCUT2D eigenvalue weighted by Gasteiger charge is 2.31. The molecule has 1 fully saturated rings. The summed E-state index contributed by atoms with van der Waals surface area (Å²) in [7, 11) is 0.